The molecule has 0 unspecified atom stereocenters. The highest BCUT2D eigenvalue weighted by atomic mass is 32.2. The molecular weight excluding hydrogens is 563 g/mol. The Balaban J connectivity index is 1.55. The SMILES string of the molecule is CC(C)CN(C[C@@H](O)[C@H](Cc1ccccc1)NC(=O)[C@@H]1CN(c2cccc(F)c2)C(=O)O1)S(=O)(=O)c1ccc(N)cc1. The Hall–Kier alpha value is -4.00. The van der Waals surface area contributed by atoms with Crippen molar-refractivity contribution in [3.63, 3.8) is 0 Å². The second-order valence-corrected chi connectivity index (χ2v) is 12.6. The van der Waals surface area contributed by atoms with Crippen LogP contribution < -0.4 is 16.0 Å². The summed E-state index contributed by atoms with van der Waals surface area (Å²) >= 11 is 0. The molecule has 0 bridgehead atoms. The number of nitrogens with zero attached hydrogens (tertiary/aromatic N) is 2. The average molecular weight is 599 g/mol. The fourth-order valence-electron chi connectivity index (χ4n) is 4.68. The predicted molar refractivity (Wildman–Crippen MR) is 157 cm³/mol. The molecule has 0 radical (unpaired) electrons. The van der Waals surface area contributed by atoms with E-state index in [9.17, 15) is 27.5 Å². The number of aliphatic hydroxyl groups is 1. The third-order valence-electron chi connectivity index (χ3n) is 6.79. The lowest BCUT2D eigenvalue weighted by atomic mass is 10.0. The van der Waals surface area contributed by atoms with E-state index in [-0.39, 0.29) is 42.6 Å². The average Bonchev–Trinajstić information content (AvgIpc) is 3.34. The molecule has 1 heterocycles. The number of benzene rings is 3. The molecule has 0 saturated carbocycles. The number of hydrogen-bond donors (Lipinski definition) is 3. The fraction of sp³-hybridized carbons (Fsp3) is 0.333. The number of sulfonamides is 1. The molecule has 1 saturated heterocycles. The van der Waals surface area contributed by atoms with Crippen molar-refractivity contribution >= 4 is 33.4 Å². The normalized spacial score (nSPS) is 16.9. The number of rotatable bonds is 12. The Morgan fingerprint density at radius 1 is 1.10 bits per heavy atom. The summed E-state index contributed by atoms with van der Waals surface area (Å²) < 4.78 is 47.3. The smallest absolute Gasteiger partial charge is 0.415 e. The number of amides is 2. The van der Waals surface area contributed by atoms with Gasteiger partial charge in [-0.3, -0.25) is 9.69 Å². The van der Waals surface area contributed by atoms with Crippen LogP contribution in [0.2, 0.25) is 0 Å². The number of hydrogen-bond acceptors (Lipinski definition) is 7. The summed E-state index contributed by atoms with van der Waals surface area (Å²) in [5.74, 6) is -1.27. The van der Waals surface area contributed by atoms with Crippen molar-refractivity contribution in [3.8, 4) is 0 Å². The van der Waals surface area contributed by atoms with Crippen molar-refractivity contribution in [2.24, 2.45) is 5.92 Å². The first kappa shape index (κ1) is 30.9. The van der Waals surface area contributed by atoms with Crippen LogP contribution in [0.25, 0.3) is 0 Å². The van der Waals surface area contributed by atoms with Crippen molar-refractivity contribution in [3.05, 3.63) is 90.2 Å². The zero-order chi connectivity index (χ0) is 30.4. The van der Waals surface area contributed by atoms with Gasteiger partial charge in [-0.25, -0.2) is 17.6 Å². The predicted octanol–water partition coefficient (Wildman–Crippen LogP) is 3.17. The summed E-state index contributed by atoms with van der Waals surface area (Å²) in [6.45, 7) is 3.38. The summed E-state index contributed by atoms with van der Waals surface area (Å²) in [6, 6.07) is 19.3. The van der Waals surface area contributed by atoms with Crippen LogP contribution in [0, 0.1) is 11.7 Å². The van der Waals surface area contributed by atoms with E-state index in [1.165, 1.54) is 46.8 Å². The van der Waals surface area contributed by atoms with Gasteiger partial charge in [-0.1, -0.05) is 50.2 Å². The van der Waals surface area contributed by atoms with E-state index in [1.807, 2.05) is 44.2 Å². The molecule has 224 valence electrons. The van der Waals surface area contributed by atoms with Crippen LogP contribution in [0.5, 0.6) is 0 Å². The summed E-state index contributed by atoms with van der Waals surface area (Å²) in [5, 5.41) is 14.2. The van der Waals surface area contributed by atoms with Crippen LogP contribution in [-0.4, -0.2) is 67.7 Å². The zero-order valence-corrected chi connectivity index (χ0v) is 24.2. The second kappa shape index (κ2) is 13.3. The third-order valence-corrected chi connectivity index (χ3v) is 8.64. The summed E-state index contributed by atoms with van der Waals surface area (Å²) in [4.78, 5) is 27.0. The van der Waals surface area contributed by atoms with Gasteiger partial charge in [-0.05, 0) is 60.4 Å². The molecule has 3 aromatic carbocycles. The minimum Gasteiger partial charge on any atom is -0.434 e. The van der Waals surface area contributed by atoms with E-state index in [1.54, 1.807) is 0 Å². The number of halogens is 1. The lowest BCUT2D eigenvalue weighted by Gasteiger charge is -2.31. The van der Waals surface area contributed by atoms with Gasteiger partial charge in [-0.15, -0.1) is 0 Å². The molecule has 0 spiro atoms. The number of nitrogen functional groups attached to an aromatic ring is 1. The van der Waals surface area contributed by atoms with Gasteiger partial charge >= 0.3 is 6.09 Å². The quantitative estimate of drug-likeness (QED) is 0.272. The molecule has 4 N–H and O–H groups in total. The van der Waals surface area contributed by atoms with Crippen molar-refractivity contribution in [2.75, 3.05) is 30.3 Å². The monoisotopic (exact) mass is 598 g/mol. The van der Waals surface area contributed by atoms with Gasteiger partial charge in [0.2, 0.25) is 10.0 Å². The summed E-state index contributed by atoms with van der Waals surface area (Å²) in [7, 11) is -4.01. The second-order valence-electron chi connectivity index (χ2n) is 10.6. The lowest BCUT2D eigenvalue weighted by Crippen LogP contribution is -2.53. The minimum atomic E-state index is -4.01. The third kappa shape index (κ3) is 7.64. The first-order chi connectivity index (χ1) is 19.9. The Kier molecular flexibility index (Phi) is 9.81. The highest BCUT2D eigenvalue weighted by Gasteiger charge is 2.39. The molecule has 1 fully saturated rings. The number of carbonyl (C=O) groups excluding carboxylic acids is 2. The molecule has 10 nitrogen and oxygen atoms in total. The number of ether oxygens (including phenoxy) is 1. The Bertz CT molecular complexity index is 1490. The van der Waals surface area contributed by atoms with Crippen LogP contribution >= 0.6 is 0 Å². The highest BCUT2D eigenvalue weighted by molar-refractivity contribution is 7.89. The maximum atomic E-state index is 13.7. The molecule has 1 aliphatic heterocycles. The van der Waals surface area contributed by atoms with E-state index in [0.29, 0.717) is 5.69 Å². The number of nitrogens with one attached hydrogen (secondary N) is 1. The molecule has 1 aliphatic rings. The van der Waals surface area contributed by atoms with E-state index < -0.39 is 46.1 Å². The van der Waals surface area contributed by atoms with Gasteiger partial charge in [0, 0.05) is 18.8 Å². The first-order valence-electron chi connectivity index (χ1n) is 13.6. The van der Waals surface area contributed by atoms with Crippen molar-refractivity contribution in [1.29, 1.82) is 0 Å². The zero-order valence-electron chi connectivity index (χ0n) is 23.4. The maximum absolute atomic E-state index is 13.7. The maximum Gasteiger partial charge on any atom is 0.415 e. The standard InChI is InChI=1S/C30H35FN4O6S/c1-20(2)17-34(42(39,40)25-13-11-23(32)12-14-25)18-27(36)26(15-21-7-4-3-5-8-21)33-29(37)28-19-35(30(38)41-28)24-10-6-9-22(31)16-24/h3-14,16,20,26-28,36H,15,17-19,32H2,1-2H3,(H,33,37)/t26-,27+,28-/m0/s1. The minimum absolute atomic E-state index is 0.0310. The van der Waals surface area contributed by atoms with Gasteiger partial charge in [0.05, 0.1) is 29.3 Å². The van der Waals surface area contributed by atoms with Gasteiger partial charge in [-0.2, -0.15) is 4.31 Å². The van der Waals surface area contributed by atoms with Crippen LogP contribution in [0.4, 0.5) is 20.6 Å². The molecule has 2 amide bonds. The lowest BCUT2D eigenvalue weighted by molar-refractivity contribution is -0.129. The molecule has 0 aliphatic carbocycles. The van der Waals surface area contributed by atoms with Gasteiger partial charge in [0.25, 0.3) is 5.91 Å². The van der Waals surface area contributed by atoms with E-state index in [2.05, 4.69) is 5.32 Å². The van der Waals surface area contributed by atoms with Gasteiger partial charge in [0.15, 0.2) is 6.10 Å². The van der Waals surface area contributed by atoms with E-state index in [0.717, 1.165) is 16.5 Å². The number of anilines is 2. The number of nitrogens with two attached hydrogens (primary N) is 1. The molecule has 4 rings (SSSR count). The van der Waals surface area contributed by atoms with Crippen LogP contribution in [0.1, 0.15) is 19.4 Å². The summed E-state index contributed by atoms with van der Waals surface area (Å²) in [6.07, 6.45) is -3.18. The Morgan fingerprint density at radius 3 is 2.43 bits per heavy atom. The molecule has 3 aromatic rings. The topological polar surface area (TPSA) is 142 Å². The number of aliphatic hydroxyl groups excluding tert-OH is 1. The fourth-order valence-corrected chi connectivity index (χ4v) is 6.31. The molecule has 0 aromatic heterocycles. The largest absolute Gasteiger partial charge is 0.434 e. The van der Waals surface area contributed by atoms with E-state index in [4.69, 9.17) is 10.5 Å². The van der Waals surface area contributed by atoms with Crippen molar-refractivity contribution in [2.45, 2.75) is 43.4 Å². The molecular formula is C30H35FN4O6S. The van der Waals surface area contributed by atoms with Crippen molar-refractivity contribution in [1.82, 2.24) is 9.62 Å². The number of cyclic esters (lactones) is 1. The van der Waals surface area contributed by atoms with Gasteiger partial charge in [0.1, 0.15) is 5.82 Å². The van der Waals surface area contributed by atoms with Crippen molar-refractivity contribution < 1.29 is 32.2 Å². The van der Waals surface area contributed by atoms with Crippen LogP contribution in [0.15, 0.2) is 83.8 Å². The molecule has 3 atom stereocenters. The molecule has 42 heavy (non-hydrogen) atoms. The first-order valence-corrected chi connectivity index (χ1v) is 15.0. The van der Waals surface area contributed by atoms with Crippen LogP contribution in [-0.2, 0) is 26.0 Å². The van der Waals surface area contributed by atoms with E-state index >= 15 is 0 Å². The Labute approximate surface area is 244 Å². The molecule has 12 heteroatoms. The number of carbonyl (C=O) groups is 2. The summed E-state index contributed by atoms with van der Waals surface area (Å²) in [5.41, 5.74) is 7.19. The highest BCUT2D eigenvalue weighted by Crippen LogP contribution is 2.24. The van der Waals surface area contributed by atoms with Crippen LogP contribution in [0.3, 0.4) is 0 Å². The Morgan fingerprint density at radius 2 is 1.79 bits per heavy atom. The van der Waals surface area contributed by atoms with Gasteiger partial charge < -0.3 is 20.9 Å².